The molecule has 0 bridgehead atoms. The van der Waals surface area contributed by atoms with Crippen LogP contribution >= 0.6 is 0 Å². The van der Waals surface area contributed by atoms with E-state index in [1.54, 1.807) is 6.20 Å². The van der Waals surface area contributed by atoms with Gasteiger partial charge in [-0.1, -0.05) is 0 Å². The summed E-state index contributed by atoms with van der Waals surface area (Å²) < 4.78 is 49.0. The van der Waals surface area contributed by atoms with Crippen molar-refractivity contribution in [1.29, 1.82) is 0 Å². The Morgan fingerprint density at radius 2 is 1.70 bits per heavy atom. The molecule has 2 aromatic carbocycles. The molecule has 44 heavy (non-hydrogen) atoms. The fourth-order valence-electron chi connectivity index (χ4n) is 5.24. The van der Waals surface area contributed by atoms with Crippen molar-refractivity contribution in [2.45, 2.75) is 48.6 Å². The number of hydrogen-bond acceptors (Lipinski definition) is 9. The number of nitrogens with one attached hydrogen (secondary N) is 2. The molecule has 12 heteroatoms. The van der Waals surface area contributed by atoms with Gasteiger partial charge in [-0.25, -0.2) is 17.8 Å². The average Bonchev–Trinajstić information content (AvgIpc) is 3.02. The number of nitrogens with zero attached hydrogens (tertiary/aromatic N) is 4. The standard InChI is InChI=1S/C32H31FN6O4S/c1-20(2)39-30-21(19-36-32(38-30)37-22-3-5-23(6-4-22)43-24-9-13-34-14-10-24)17-28(31(39)40)27-8-7-26(18-29(27)33)44(41,42)25-11-15-35-16-12-25/h3-8,11-12,15-20,24,34H,9-10,13-14H2,1-2H3,(H,36,37,38). The van der Waals surface area contributed by atoms with Crippen molar-refractivity contribution in [3.8, 4) is 16.9 Å². The summed E-state index contributed by atoms with van der Waals surface area (Å²) in [6.07, 6.45) is 6.41. The highest BCUT2D eigenvalue weighted by Crippen LogP contribution is 2.29. The van der Waals surface area contributed by atoms with Crippen LogP contribution in [0.3, 0.4) is 0 Å². The zero-order valence-corrected chi connectivity index (χ0v) is 25.0. The minimum atomic E-state index is -3.97. The van der Waals surface area contributed by atoms with Crippen molar-refractivity contribution in [2.24, 2.45) is 0 Å². The van der Waals surface area contributed by atoms with E-state index >= 15 is 4.39 Å². The summed E-state index contributed by atoms with van der Waals surface area (Å²) >= 11 is 0. The van der Waals surface area contributed by atoms with E-state index in [0.717, 1.165) is 43.4 Å². The Morgan fingerprint density at radius 3 is 2.39 bits per heavy atom. The van der Waals surface area contributed by atoms with E-state index < -0.39 is 21.2 Å². The highest BCUT2D eigenvalue weighted by atomic mass is 32.2. The van der Waals surface area contributed by atoms with Gasteiger partial charge in [0.05, 0.1) is 15.4 Å². The molecule has 3 aromatic heterocycles. The van der Waals surface area contributed by atoms with Gasteiger partial charge >= 0.3 is 0 Å². The van der Waals surface area contributed by atoms with Crippen LogP contribution in [0.15, 0.2) is 93.8 Å². The lowest BCUT2D eigenvalue weighted by Gasteiger charge is -2.23. The van der Waals surface area contributed by atoms with Crippen LogP contribution < -0.4 is 20.9 Å². The molecule has 2 N–H and O–H groups in total. The van der Waals surface area contributed by atoms with E-state index in [1.807, 2.05) is 38.1 Å². The predicted octanol–water partition coefficient (Wildman–Crippen LogP) is 5.28. The first kappa shape index (κ1) is 29.4. The zero-order valence-electron chi connectivity index (χ0n) is 24.2. The summed E-state index contributed by atoms with van der Waals surface area (Å²) in [6, 6.07) is 15.0. The third kappa shape index (κ3) is 5.90. The van der Waals surface area contributed by atoms with Crippen molar-refractivity contribution in [1.82, 2.24) is 24.8 Å². The van der Waals surface area contributed by atoms with Crippen molar-refractivity contribution in [3.63, 3.8) is 0 Å². The minimum absolute atomic E-state index is 0.00410. The third-order valence-corrected chi connectivity index (χ3v) is 9.26. The fraction of sp³-hybridized carbons (Fsp3) is 0.250. The zero-order chi connectivity index (χ0) is 30.8. The molecule has 0 spiro atoms. The van der Waals surface area contributed by atoms with Gasteiger partial charge < -0.3 is 15.4 Å². The first-order chi connectivity index (χ1) is 21.2. The molecule has 0 saturated carbocycles. The van der Waals surface area contributed by atoms with E-state index in [4.69, 9.17) is 4.74 Å². The Labute approximate surface area is 253 Å². The number of anilines is 2. The van der Waals surface area contributed by atoms with Crippen molar-refractivity contribution in [3.05, 3.63) is 95.4 Å². The van der Waals surface area contributed by atoms with Crippen LogP contribution in [-0.2, 0) is 9.84 Å². The molecule has 1 aliphatic heterocycles. The number of sulfone groups is 1. The van der Waals surface area contributed by atoms with Gasteiger partial charge in [-0.05, 0) is 100 Å². The molecule has 226 valence electrons. The van der Waals surface area contributed by atoms with Crippen LogP contribution in [0.1, 0.15) is 32.7 Å². The molecule has 1 fully saturated rings. The summed E-state index contributed by atoms with van der Waals surface area (Å²) in [4.78, 5) is 26.4. The smallest absolute Gasteiger partial charge is 0.260 e. The van der Waals surface area contributed by atoms with E-state index in [-0.39, 0.29) is 33.1 Å². The average molecular weight is 615 g/mol. The fourth-order valence-corrected chi connectivity index (χ4v) is 6.50. The maximum atomic E-state index is 15.5. The Hall–Kier alpha value is -4.68. The molecular formula is C32H31FN6O4S. The number of aromatic nitrogens is 4. The number of ether oxygens (including phenoxy) is 1. The molecule has 1 aliphatic rings. The lowest BCUT2D eigenvalue weighted by molar-refractivity contribution is 0.162. The van der Waals surface area contributed by atoms with Gasteiger partial charge in [-0.15, -0.1) is 0 Å². The largest absolute Gasteiger partial charge is 0.490 e. The maximum Gasteiger partial charge on any atom is 0.260 e. The molecule has 6 rings (SSSR count). The molecular weight excluding hydrogens is 583 g/mol. The monoisotopic (exact) mass is 614 g/mol. The van der Waals surface area contributed by atoms with E-state index in [1.165, 1.54) is 47.3 Å². The number of pyridine rings is 2. The number of halogens is 1. The Bertz CT molecular complexity index is 1980. The Balaban J connectivity index is 1.30. The third-order valence-electron chi connectivity index (χ3n) is 7.49. The second kappa shape index (κ2) is 12.1. The summed E-state index contributed by atoms with van der Waals surface area (Å²) in [5.74, 6) is 0.250. The molecule has 0 aliphatic carbocycles. The quantitative estimate of drug-likeness (QED) is 0.240. The van der Waals surface area contributed by atoms with Crippen LogP contribution in [0, 0.1) is 5.82 Å². The summed E-state index contributed by atoms with van der Waals surface area (Å²) in [5.41, 5.74) is 0.731. The van der Waals surface area contributed by atoms with Gasteiger partial charge in [0.1, 0.15) is 23.3 Å². The normalized spacial score (nSPS) is 14.2. The molecule has 4 heterocycles. The van der Waals surface area contributed by atoms with Crippen molar-refractivity contribution < 1.29 is 17.5 Å². The minimum Gasteiger partial charge on any atom is -0.490 e. The first-order valence-corrected chi connectivity index (χ1v) is 15.8. The Morgan fingerprint density at radius 1 is 0.977 bits per heavy atom. The van der Waals surface area contributed by atoms with Crippen LogP contribution in [0.2, 0.25) is 0 Å². The molecule has 10 nitrogen and oxygen atoms in total. The van der Waals surface area contributed by atoms with Crippen LogP contribution in [0.4, 0.5) is 16.0 Å². The van der Waals surface area contributed by atoms with Gasteiger partial charge in [0.2, 0.25) is 15.8 Å². The molecule has 0 amide bonds. The number of benzene rings is 2. The van der Waals surface area contributed by atoms with Crippen LogP contribution in [0.25, 0.3) is 22.2 Å². The number of hydrogen-bond donors (Lipinski definition) is 2. The van der Waals surface area contributed by atoms with E-state index in [2.05, 4.69) is 25.6 Å². The highest BCUT2D eigenvalue weighted by Gasteiger charge is 2.22. The van der Waals surface area contributed by atoms with Crippen LogP contribution in [-0.4, -0.2) is 47.1 Å². The van der Waals surface area contributed by atoms with Gasteiger partial charge in [-0.2, -0.15) is 4.98 Å². The maximum absolute atomic E-state index is 15.5. The lowest BCUT2D eigenvalue weighted by Crippen LogP contribution is -2.34. The highest BCUT2D eigenvalue weighted by molar-refractivity contribution is 7.91. The molecule has 0 unspecified atom stereocenters. The van der Waals surface area contributed by atoms with E-state index in [9.17, 15) is 13.2 Å². The van der Waals surface area contributed by atoms with Gasteiger partial charge in [0.25, 0.3) is 5.56 Å². The molecule has 5 aromatic rings. The van der Waals surface area contributed by atoms with Crippen molar-refractivity contribution in [2.75, 3.05) is 18.4 Å². The van der Waals surface area contributed by atoms with Gasteiger partial charge in [0.15, 0.2) is 0 Å². The first-order valence-electron chi connectivity index (χ1n) is 14.3. The van der Waals surface area contributed by atoms with Gasteiger partial charge in [0, 0.05) is 41.3 Å². The SMILES string of the molecule is CC(C)n1c(=O)c(-c2ccc(S(=O)(=O)c3ccncc3)cc2F)cc2cnc(Nc3ccc(OC4CCNCC4)cc3)nc21. The molecule has 1 saturated heterocycles. The van der Waals surface area contributed by atoms with Gasteiger partial charge in [-0.3, -0.25) is 14.3 Å². The molecule has 0 radical (unpaired) electrons. The predicted molar refractivity (Wildman–Crippen MR) is 166 cm³/mol. The Kier molecular flexibility index (Phi) is 8.11. The molecule has 0 atom stereocenters. The summed E-state index contributed by atoms with van der Waals surface area (Å²) in [7, 11) is -3.97. The summed E-state index contributed by atoms with van der Waals surface area (Å²) in [5, 5.41) is 7.03. The topological polar surface area (TPSA) is 128 Å². The second-order valence-corrected chi connectivity index (χ2v) is 12.8. The summed E-state index contributed by atoms with van der Waals surface area (Å²) in [6.45, 7) is 5.57. The lowest BCUT2D eigenvalue weighted by atomic mass is 10.1. The number of piperidine rings is 1. The van der Waals surface area contributed by atoms with E-state index in [0.29, 0.717) is 17.0 Å². The number of rotatable bonds is 8. The number of fused-ring (bicyclic) bond motifs is 1. The van der Waals surface area contributed by atoms with Crippen LogP contribution in [0.5, 0.6) is 5.75 Å². The van der Waals surface area contributed by atoms with Crippen molar-refractivity contribution >= 4 is 32.5 Å². The second-order valence-electron chi connectivity index (χ2n) is 10.8.